The van der Waals surface area contributed by atoms with Gasteiger partial charge in [-0.2, -0.15) is 5.10 Å². The summed E-state index contributed by atoms with van der Waals surface area (Å²) in [5.41, 5.74) is 1.11. The number of esters is 1. The van der Waals surface area contributed by atoms with Gasteiger partial charge in [0, 0.05) is 11.1 Å². The number of carbonyl (C=O) groups excluding carboxylic acids is 2. The Morgan fingerprint density at radius 3 is 2.58 bits per heavy atom. The van der Waals surface area contributed by atoms with E-state index in [0.29, 0.717) is 16.6 Å². The zero-order chi connectivity index (χ0) is 18.4. The molecule has 1 aromatic heterocycles. The van der Waals surface area contributed by atoms with Crippen molar-refractivity contribution in [3.63, 3.8) is 0 Å². The first-order valence-corrected chi connectivity index (χ1v) is 8.09. The SMILES string of the molecule is O=C(COC(=O)CCn1ncc(=O)c2ccccc21)Nc1ccccc1. The number of anilines is 1. The standard InChI is InChI=1S/C19H17N3O4/c23-17-12-20-22(16-9-5-4-8-15(16)17)11-10-19(25)26-13-18(24)21-14-6-2-1-3-7-14/h1-9,12H,10-11,13H2,(H,21,24). The third kappa shape index (κ3) is 4.32. The van der Waals surface area contributed by atoms with Crippen molar-refractivity contribution < 1.29 is 14.3 Å². The molecule has 1 heterocycles. The summed E-state index contributed by atoms with van der Waals surface area (Å²) in [6.45, 7) is -0.105. The van der Waals surface area contributed by atoms with Crippen LogP contribution in [0.5, 0.6) is 0 Å². The Balaban J connectivity index is 1.52. The second-order valence-corrected chi connectivity index (χ2v) is 5.57. The highest BCUT2D eigenvalue weighted by Crippen LogP contribution is 2.09. The van der Waals surface area contributed by atoms with E-state index in [0.717, 1.165) is 0 Å². The Morgan fingerprint density at radius 1 is 1.04 bits per heavy atom. The molecule has 0 saturated heterocycles. The van der Waals surface area contributed by atoms with Crippen LogP contribution in [0, 0.1) is 0 Å². The van der Waals surface area contributed by atoms with Crippen LogP contribution in [0.4, 0.5) is 5.69 Å². The third-order valence-electron chi connectivity index (χ3n) is 3.71. The van der Waals surface area contributed by atoms with E-state index in [-0.39, 0.29) is 25.0 Å². The highest BCUT2D eigenvalue weighted by atomic mass is 16.5. The fraction of sp³-hybridized carbons (Fsp3) is 0.158. The molecule has 0 unspecified atom stereocenters. The molecule has 7 heteroatoms. The Hall–Kier alpha value is -3.48. The van der Waals surface area contributed by atoms with Crippen LogP contribution in [0.15, 0.2) is 65.6 Å². The number of carbonyl (C=O) groups is 2. The molecule has 2 aromatic carbocycles. The van der Waals surface area contributed by atoms with E-state index in [4.69, 9.17) is 4.74 Å². The second-order valence-electron chi connectivity index (χ2n) is 5.57. The minimum Gasteiger partial charge on any atom is -0.456 e. The van der Waals surface area contributed by atoms with Crippen molar-refractivity contribution in [2.45, 2.75) is 13.0 Å². The van der Waals surface area contributed by atoms with Gasteiger partial charge in [-0.15, -0.1) is 0 Å². The molecule has 7 nitrogen and oxygen atoms in total. The topological polar surface area (TPSA) is 90.3 Å². The largest absolute Gasteiger partial charge is 0.456 e. The van der Waals surface area contributed by atoms with Crippen LogP contribution < -0.4 is 10.7 Å². The van der Waals surface area contributed by atoms with Crippen LogP contribution in [-0.4, -0.2) is 28.3 Å². The smallest absolute Gasteiger partial charge is 0.308 e. The van der Waals surface area contributed by atoms with Crippen LogP contribution in [-0.2, 0) is 20.9 Å². The summed E-state index contributed by atoms with van der Waals surface area (Å²) in [5, 5.41) is 7.22. The van der Waals surface area contributed by atoms with E-state index in [1.807, 2.05) is 6.07 Å². The molecule has 0 radical (unpaired) electrons. The Labute approximate surface area is 149 Å². The lowest BCUT2D eigenvalue weighted by molar-refractivity contribution is -0.147. The van der Waals surface area contributed by atoms with E-state index in [1.54, 1.807) is 53.2 Å². The summed E-state index contributed by atoms with van der Waals surface area (Å²) >= 11 is 0. The molecule has 1 N–H and O–H groups in total. The lowest BCUT2D eigenvalue weighted by Crippen LogP contribution is -2.22. The van der Waals surface area contributed by atoms with Gasteiger partial charge in [-0.1, -0.05) is 30.3 Å². The quantitative estimate of drug-likeness (QED) is 0.686. The normalized spacial score (nSPS) is 10.5. The minimum atomic E-state index is -0.516. The molecule has 0 aliphatic heterocycles. The van der Waals surface area contributed by atoms with Crippen LogP contribution in [0.2, 0.25) is 0 Å². The highest BCUT2D eigenvalue weighted by Gasteiger charge is 2.10. The van der Waals surface area contributed by atoms with Gasteiger partial charge in [0.1, 0.15) is 0 Å². The van der Waals surface area contributed by atoms with E-state index in [9.17, 15) is 14.4 Å². The van der Waals surface area contributed by atoms with Crippen molar-refractivity contribution in [1.29, 1.82) is 0 Å². The average molecular weight is 351 g/mol. The number of ether oxygens (including phenoxy) is 1. The minimum absolute atomic E-state index is 0.0402. The average Bonchev–Trinajstić information content (AvgIpc) is 2.67. The number of aryl methyl sites for hydroxylation is 1. The van der Waals surface area contributed by atoms with E-state index in [1.165, 1.54) is 6.20 Å². The third-order valence-corrected chi connectivity index (χ3v) is 3.71. The summed E-state index contributed by atoms with van der Waals surface area (Å²) in [6.07, 6.45) is 1.26. The van der Waals surface area contributed by atoms with E-state index >= 15 is 0 Å². The molecular formula is C19H17N3O4. The first kappa shape index (κ1) is 17.3. The maximum atomic E-state index is 11.9. The number of aromatic nitrogens is 2. The summed E-state index contributed by atoms with van der Waals surface area (Å²) in [4.78, 5) is 35.4. The van der Waals surface area contributed by atoms with E-state index in [2.05, 4.69) is 10.4 Å². The molecule has 0 aliphatic rings. The molecule has 0 fully saturated rings. The molecule has 3 aromatic rings. The summed E-state index contributed by atoms with van der Waals surface area (Å²) in [7, 11) is 0. The zero-order valence-electron chi connectivity index (χ0n) is 13.9. The van der Waals surface area contributed by atoms with Gasteiger partial charge in [0.05, 0.1) is 24.7 Å². The van der Waals surface area contributed by atoms with Crippen molar-refractivity contribution in [2.24, 2.45) is 0 Å². The lowest BCUT2D eigenvalue weighted by Gasteiger charge is -2.09. The predicted octanol–water partition coefficient (Wildman–Crippen LogP) is 1.97. The van der Waals surface area contributed by atoms with Gasteiger partial charge in [0.2, 0.25) is 5.43 Å². The second kappa shape index (κ2) is 8.06. The van der Waals surface area contributed by atoms with Gasteiger partial charge in [-0.25, -0.2) is 0 Å². The predicted molar refractivity (Wildman–Crippen MR) is 96.7 cm³/mol. The number of nitrogens with zero attached hydrogens (tertiary/aromatic N) is 2. The Bertz CT molecular complexity index is 983. The summed E-state index contributed by atoms with van der Waals surface area (Å²) in [6, 6.07) is 16.0. The van der Waals surface area contributed by atoms with Crippen LogP contribution in [0.1, 0.15) is 6.42 Å². The summed E-state index contributed by atoms with van der Waals surface area (Å²) in [5.74, 6) is -0.922. The number of amides is 1. The van der Waals surface area contributed by atoms with Gasteiger partial charge >= 0.3 is 5.97 Å². The van der Waals surface area contributed by atoms with Gasteiger partial charge in [0.15, 0.2) is 6.61 Å². The molecule has 3 rings (SSSR count). The molecule has 0 spiro atoms. The molecule has 0 aliphatic carbocycles. The molecular weight excluding hydrogens is 334 g/mol. The molecule has 0 saturated carbocycles. The van der Waals surface area contributed by atoms with Gasteiger partial charge in [-0.05, 0) is 24.3 Å². The maximum Gasteiger partial charge on any atom is 0.308 e. The molecule has 132 valence electrons. The summed E-state index contributed by atoms with van der Waals surface area (Å²) < 4.78 is 6.55. The van der Waals surface area contributed by atoms with Crippen molar-refractivity contribution in [3.8, 4) is 0 Å². The Morgan fingerprint density at radius 2 is 1.77 bits per heavy atom. The number of benzene rings is 2. The van der Waals surface area contributed by atoms with Crippen LogP contribution in [0.25, 0.3) is 10.9 Å². The monoisotopic (exact) mass is 351 g/mol. The van der Waals surface area contributed by atoms with E-state index < -0.39 is 11.9 Å². The first-order chi connectivity index (χ1) is 12.6. The maximum absolute atomic E-state index is 11.9. The number of para-hydroxylation sites is 2. The number of rotatable bonds is 6. The van der Waals surface area contributed by atoms with Crippen LogP contribution in [0.3, 0.4) is 0 Å². The van der Waals surface area contributed by atoms with Gasteiger partial charge in [-0.3, -0.25) is 19.1 Å². The fourth-order valence-corrected chi connectivity index (χ4v) is 2.47. The number of fused-ring (bicyclic) bond motifs is 1. The lowest BCUT2D eigenvalue weighted by atomic mass is 10.2. The van der Waals surface area contributed by atoms with Crippen molar-refractivity contribution in [2.75, 3.05) is 11.9 Å². The zero-order valence-corrected chi connectivity index (χ0v) is 13.9. The molecule has 0 atom stereocenters. The highest BCUT2D eigenvalue weighted by molar-refractivity contribution is 5.92. The van der Waals surface area contributed by atoms with Crippen molar-refractivity contribution in [3.05, 3.63) is 71.0 Å². The van der Waals surface area contributed by atoms with Crippen LogP contribution >= 0.6 is 0 Å². The number of nitrogens with one attached hydrogen (secondary N) is 1. The first-order valence-electron chi connectivity index (χ1n) is 8.09. The molecule has 26 heavy (non-hydrogen) atoms. The van der Waals surface area contributed by atoms with Gasteiger partial charge in [0.25, 0.3) is 5.91 Å². The number of hydrogen-bond donors (Lipinski definition) is 1. The number of hydrogen-bond acceptors (Lipinski definition) is 5. The molecule has 0 bridgehead atoms. The van der Waals surface area contributed by atoms with Crippen molar-refractivity contribution >= 4 is 28.5 Å². The Kier molecular flexibility index (Phi) is 5.38. The van der Waals surface area contributed by atoms with Gasteiger partial charge < -0.3 is 10.1 Å². The van der Waals surface area contributed by atoms with Crippen molar-refractivity contribution in [1.82, 2.24) is 9.78 Å². The molecule has 1 amide bonds. The fourth-order valence-electron chi connectivity index (χ4n) is 2.47.